The van der Waals surface area contributed by atoms with E-state index < -0.39 is 17.7 Å². The summed E-state index contributed by atoms with van der Waals surface area (Å²) in [5.41, 5.74) is 3.13. The van der Waals surface area contributed by atoms with Gasteiger partial charge in [0.15, 0.2) is 0 Å². The molecule has 0 aliphatic carbocycles. The zero-order valence-electron chi connectivity index (χ0n) is 19.7. The second kappa shape index (κ2) is 9.03. The average Bonchev–Trinajstić information content (AvgIpc) is 3.42. The lowest BCUT2D eigenvalue weighted by Crippen LogP contribution is -2.30. The number of aliphatic hydroxyl groups excluding tert-OH is 1. The van der Waals surface area contributed by atoms with Gasteiger partial charge in [-0.05, 0) is 72.9 Å². The first-order valence-corrected chi connectivity index (χ1v) is 11.3. The number of carbonyl (C=O) groups is 2. The van der Waals surface area contributed by atoms with E-state index in [2.05, 4.69) is 0 Å². The molecule has 3 aromatic rings. The molecule has 2 aromatic carbocycles. The van der Waals surface area contributed by atoms with Gasteiger partial charge >= 0.3 is 0 Å². The van der Waals surface area contributed by atoms with Crippen molar-refractivity contribution in [2.45, 2.75) is 39.7 Å². The SMILES string of the molecule is COc1cc(C)c(/C(O)=C2\C(=O)C(=O)N(c3cccc(Cl)c3C)C2c2ccco2)cc1C(C)C. The molecule has 1 aliphatic heterocycles. The number of nitrogens with zero attached hydrogens (tertiary/aromatic N) is 1. The minimum Gasteiger partial charge on any atom is -0.507 e. The molecule has 1 aromatic heterocycles. The quantitative estimate of drug-likeness (QED) is 0.263. The summed E-state index contributed by atoms with van der Waals surface area (Å²) in [6.45, 7) is 7.63. The highest BCUT2D eigenvalue weighted by Crippen LogP contribution is 2.45. The molecular weight excluding hydrogens is 454 g/mol. The van der Waals surface area contributed by atoms with E-state index in [1.165, 1.54) is 11.2 Å². The van der Waals surface area contributed by atoms with Crippen LogP contribution in [0, 0.1) is 13.8 Å². The summed E-state index contributed by atoms with van der Waals surface area (Å²) in [7, 11) is 1.59. The number of halogens is 1. The first kappa shape index (κ1) is 23.6. The number of amides is 1. The number of hydrogen-bond acceptors (Lipinski definition) is 5. The standard InChI is InChI=1S/C27H26ClNO5/c1-14(2)17-13-18(15(3)12-22(17)33-5)25(30)23-24(21-10-7-11-34-21)29(27(32)26(23)31)20-9-6-8-19(28)16(20)4/h6-14,24,30H,1-5H3/b25-23+. The van der Waals surface area contributed by atoms with Crippen LogP contribution in [0.3, 0.4) is 0 Å². The summed E-state index contributed by atoms with van der Waals surface area (Å²) in [6.07, 6.45) is 1.47. The van der Waals surface area contributed by atoms with E-state index in [0.29, 0.717) is 38.9 Å². The Morgan fingerprint density at radius 2 is 1.88 bits per heavy atom. The highest BCUT2D eigenvalue weighted by atomic mass is 35.5. The summed E-state index contributed by atoms with van der Waals surface area (Å²) in [4.78, 5) is 28.0. The minimum atomic E-state index is -0.948. The van der Waals surface area contributed by atoms with Crippen molar-refractivity contribution in [1.82, 2.24) is 0 Å². The molecule has 176 valence electrons. The predicted octanol–water partition coefficient (Wildman–Crippen LogP) is 6.31. The fourth-order valence-electron chi connectivity index (χ4n) is 4.38. The number of ketones is 1. The maximum absolute atomic E-state index is 13.4. The first-order valence-electron chi connectivity index (χ1n) is 11.0. The van der Waals surface area contributed by atoms with Crippen molar-refractivity contribution < 1.29 is 23.8 Å². The predicted molar refractivity (Wildman–Crippen MR) is 131 cm³/mol. The molecule has 34 heavy (non-hydrogen) atoms. The zero-order valence-corrected chi connectivity index (χ0v) is 20.4. The van der Waals surface area contributed by atoms with Crippen molar-refractivity contribution in [3.05, 3.63) is 87.3 Å². The van der Waals surface area contributed by atoms with Gasteiger partial charge in [0.25, 0.3) is 11.7 Å². The fourth-order valence-corrected chi connectivity index (χ4v) is 4.55. The number of furan rings is 1. The number of hydrogen-bond donors (Lipinski definition) is 1. The maximum Gasteiger partial charge on any atom is 0.300 e. The van der Waals surface area contributed by atoms with Crippen LogP contribution < -0.4 is 9.64 Å². The van der Waals surface area contributed by atoms with Gasteiger partial charge in [0.2, 0.25) is 0 Å². The summed E-state index contributed by atoms with van der Waals surface area (Å²) >= 11 is 6.32. The minimum absolute atomic E-state index is 0.0395. The molecule has 6 nitrogen and oxygen atoms in total. The Balaban J connectivity index is 1.99. The van der Waals surface area contributed by atoms with Crippen LogP contribution in [-0.4, -0.2) is 23.9 Å². The maximum atomic E-state index is 13.4. The molecule has 0 radical (unpaired) electrons. The van der Waals surface area contributed by atoms with Crippen molar-refractivity contribution in [3.63, 3.8) is 0 Å². The number of carbonyl (C=O) groups excluding carboxylic acids is 2. The van der Waals surface area contributed by atoms with E-state index >= 15 is 0 Å². The topological polar surface area (TPSA) is 80.0 Å². The lowest BCUT2D eigenvalue weighted by molar-refractivity contribution is -0.132. The van der Waals surface area contributed by atoms with Crippen LogP contribution in [0.15, 0.2) is 58.7 Å². The number of rotatable bonds is 5. The van der Waals surface area contributed by atoms with Crippen LogP contribution in [0.4, 0.5) is 5.69 Å². The summed E-state index contributed by atoms with van der Waals surface area (Å²) in [5.74, 6) is -0.649. The molecule has 2 heterocycles. The van der Waals surface area contributed by atoms with E-state index in [1.807, 2.05) is 32.9 Å². The molecule has 1 fully saturated rings. The fraction of sp³-hybridized carbons (Fsp3) is 0.259. The van der Waals surface area contributed by atoms with Crippen LogP contribution in [-0.2, 0) is 9.59 Å². The van der Waals surface area contributed by atoms with Gasteiger partial charge in [0.05, 0.1) is 18.9 Å². The summed E-state index contributed by atoms with van der Waals surface area (Å²) in [6, 6.07) is 11.2. The van der Waals surface area contributed by atoms with Gasteiger partial charge in [-0.15, -0.1) is 0 Å². The van der Waals surface area contributed by atoms with Gasteiger partial charge in [-0.3, -0.25) is 14.5 Å². The molecule has 1 amide bonds. The van der Waals surface area contributed by atoms with Crippen molar-refractivity contribution in [3.8, 4) is 5.75 Å². The largest absolute Gasteiger partial charge is 0.507 e. The summed E-state index contributed by atoms with van der Waals surface area (Å²) in [5, 5.41) is 12.0. The smallest absolute Gasteiger partial charge is 0.300 e. The van der Waals surface area contributed by atoms with Gasteiger partial charge in [0, 0.05) is 16.3 Å². The van der Waals surface area contributed by atoms with Crippen LogP contribution >= 0.6 is 11.6 Å². The van der Waals surface area contributed by atoms with E-state index in [0.717, 1.165) is 5.56 Å². The Morgan fingerprint density at radius 1 is 1.15 bits per heavy atom. The third kappa shape index (κ3) is 3.78. The summed E-state index contributed by atoms with van der Waals surface area (Å²) < 4.78 is 11.1. The average molecular weight is 480 g/mol. The van der Waals surface area contributed by atoms with Crippen molar-refractivity contribution in [2.24, 2.45) is 0 Å². The second-order valence-electron chi connectivity index (χ2n) is 8.63. The lowest BCUT2D eigenvalue weighted by atomic mass is 9.92. The number of ether oxygens (including phenoxy) is 1. The van der Waals surface area contributed by atoms with Crippen molar-refractivity contribution in [1.29, 1.82) is 0 Å². The highest BCUT2D eigenvalue weighted by Gasteiger charge is 2.49. The third-order valence-electron chi connectivity index (χ3n) is 6.21. The number of aryl methyl sites for hydroxylation is 1. The van der Waals surface area contributed by atoms with Gasteiger partial charge in [-0.1, -0.05) is 31.5 Å². The van der Waals surface area contributed by atoms with Crippen molar-refractivity contribution >= 4 is 34.7 Å². The molecule has 1 atom stereocenters. The van der Waals surface area contributed by atoms with Gasteiger partial charge < -0.3 is 14.3 Å². The van der Waals surface area contributed by atoms with Crippen molar-refractivity contribution in [2.75, 3.05) is 12.0 Å². The third-order valence-corrected chi connectivity index (χ3v) is 6.62. The Bertz CT molecular complexity index is 1310. The molecular formula is C27H26ClNO5. The van der Waals surface area contributed by atoms with Crippen LogP contribution in [0.1, 0.15) is 53.8 Å². The van der Waals surface area contributed by atoms with Crippen LogP contribution in [0.2, 0.25) is 5.02 Å². The van der Waals surface area contributed by atoms with E-state index in [-0.39, 0.29) is 17.3 Å². The number of anilines is 1. The first-order chi connectivity index (χ1) is 16.2. The highest BCUT2D eigenvalue weighted by molar-refractivity contribution is 6.52. The zero-order chi connectivity index (χ0) is 24.7. The monoisotopic (exact) mass is 479 g/mol. The molecule has 0 bridgehead atoms. The van der Waals surface area contributed by atoms with Crippen LogP contribution in [0.25, 0.3) is 5.76 Å². The lowest BCUT2D eigenvalue weighted by Gasteiger charge is -2.25. The molecule has 1 saturated heterocycles. The molecule has 1 unspecified atom stereocenters. The van der Waals surface area contributed by atoms with E-state index in [4.69, 9.17) is 20.8 Å². The number of aliphatic hydroxyl groups is 1. The molecule has 0 saturated carbocycles. The Labute approximate surface area is 203 Å². The van der Waals surface area contributed by atoms with E-state index in [9.17, 15) is 14.7 Å². The molecule has 1 N–H and O–H groups in total. The normalized spacial score (nSPS) is 17.6. The molecule has 0 spiro atoms. The van der Waals surface area contributed by atoms with Gasteiger partial charge in [-0.25, -0.2) is 0 Å². The number of methoxy groups -OCH3 is 1. The van der Waals surface area contributed by atoms with E-state index in [1.54, 1.807) is 44.4 Å². The molecule has 7 heteroatoms. The second-order valence-corrected chi connectivity index (χ2v) is 9.04. The Hall–Kier alpha value is -3.51. The number of Topliss-reactive ketones (excluding diaryl/α,β-unsaturated/α-hetero) is 1. The van der Waals surface area contributed by atoms with Crippen LogP contribution in [0.5, 0.6) is 5.75 Å². The molecule has 4 rings (SSSR count). The Morgan fingerprint density at radius 3 is 2.50 bits per heavy atom. The van der Waals surface area contributed by atoms with Gasteiger partial charge in [0.1, 0.15) is 23.3 Å². The number of benzene rings is 2. The Kier molecular flexibility index (Phi) is 6.28. The van der Waals surface area contributed by atoms with Gasteiger partial charge in [-0.2, -0.15) is 0 Å². The molecule has 1 aliphatic rings.